The van der Waals surface area contributed by atoms with E-state index in [0.717, 1.165) is 19.4 Å². The Morgan fingerprint density at radius 1 is 1.21 bits per heavy atom. The van der Waals surface area contributed by atoms with Crippen LogP contribution in [0.15, 0.2) is 0 Å². The number of aryl methyl sites for hydroxylation is 1. The van der Waals surface area contributed by atoms with Crippen molar-refractivity contribution in [3.63, 3.8) is 0 Å². The molecule has 0 aliphatic rings. The molecule has 0 fully saturated rings. The van der Waals surface area contributed by atoms with Crippen LogP contribution in [0.4, 0.5) is 14.6 Å². The molecule has 19 heavy (non-hydrogen) atoms. The first kappa shape index (κ1) is 15.6. The zero-order chi connectivity index (χ0) is 14.3. The molecule has 4 nitrogen and oxygen atoms in total. The fraction of sp³-hybridized carbons (Fsp3) is 0.692. The Labute approximate surface area is 112 Å². The second-order valence-corrected chi connectivity index (χ2v) is 4.30. The fourth-order valence-electron chi connectivity index (χ4n) is 1.57. The molecule has 0 bridgehead atoms. The highest BCUT2D eigenvalue weighted by Crippen LogP contribution is 2.23. The standard InChI is InChI=1S/C13H21F2N3O/c1-4-6-11-17-12(16-7-5-2)9(3)13(18-11)19-8-10(14)15/h10H,4-8H2,1-3H3,(H,16,17,18). The minimum Gasteiger partial charge on any atom is -0.471 e. The lowest BCUT2D eigenvalue weighted by Crippen LogP contribution is -2.13. The molecule has 1 aromatic rings. The van der Waals surface area contributed by atoms with Gasteiger partial charge in [0.15, 0.2) is 6.61 Å². The molecule has 0 amide bonds. The summed E-state index contributed by atoms with van der Waals surface area (Å²) in [5.74, 6) is 1.54. The van der Waals surface area contributed by atoms with E-state index in [0.29, 0.717) is 23.6 Å². The van der Waals surface area contributed by atoms with Gasteiger partial charge < -0.3 is 10.1 Å². The summed E-state index contributed by atoms with van der Waals surface area (Å²) in [5, 5.41) is 3.17. The largest absolute Gasteiger partial charge is 0.471 e. The number of alkyl halides is 2. The Balaban J connectivity index is 2.94. The molecular weight excluding hydrogens is 252 g/mol. The molecule has 0 aliphatic heterocycles. The first-order valence-corrected chi connectivity index (χ1v) is 6.60. The van der Waals surface area contributed by atoms with E-state index < -0.39 is 13.0 Å². The van der Waals surface area contributed by atoms with Crippen LogP contribution >= 0.6 is 0 Å². The van der Waals surface area contributed by atoms with E-state index >= 15 is 0 Å². The summed E-state index contributed by atoms with van der Waals surface area (Å²) in [5.41, 5.74) is 0.675. The summed E-state index contributed by atoms with van der Waals surface area (Å²) in [6.45, 7) is 5.97. The maximum atomic E-state index is 12.2. The van der Waals surface area contributed by atoms with Gasteiger partial charge in [0.2, 0.25) is 5.88 Å². The first-order chi connectivity index (χ1) is 9.08. The molecule has 1 aromatic heterocycles. The molecule has 0 radical (unpaired) electrons. The summed E-state index contributed by atoms with van der Waals surface area (Å²) in [6, 6.07) is 0. The molecule has 1 N–H and O–H groups in total. The van der Waals surface area contributed by atoms with Crippen molar-refractivity contribution in [2.45, 2.75) is 46.5 Å². The molecule has 0 saturated heterocycles. The Kier molecular flexibility index (Phi) is 6.45. The maximum Gasteiger partial charge on any atom is 0.272 e. The fourth-order valence-corrected chi connectivity index (χ4v) is 1.57. The van der Waals surface area contributed by atoms with Crippen LogP contribution in [0, 0.1) is 6.92 Å². The number of anilines is 1. The number of rotatable bonds is 8. The zero-order valence-corrected chi connectivity index (χ0v) is 11.7. The van der Waals surface area contributed by atoms with E-state index in [1.54, 1.807) is 6.92 Å². The van der Waals surface area contributed by atoms with E-state index in [9.17, 15) is 8.78 Å². The topological polar surface area (TPSA) is 47.0 Å². The minimum atomic E-state index is -2.50. The SMILES string of the molecule is CCCNc1nc(CCC)nc(OCC(F)F)c1C. The lowest BCUT2D eigenvalue weighted by Gasteiger charge is -2.14. The van der Waals surface area contributed by atoms with Crippen molar-refractivity contribution >= 4 is 5.82 Å². The molecule has 6 heteroatoms. The van der Waals surface area contributed by atoms with Gasteiger partial charge in [0, 0.05) is 13.0 Å². The van der Waals surface area contributed by atoms with E-state index in [4.69, 9.17) is 4.74 Å². The Hall–Kier alpha value is -1.46. The van der Waals surface area contributed by atoms with Crippen LogP contribution in [0.2, 0.25) is 0 Å². The molecule has 108 valence electrons. The van der Waals surface area contributed by atoms with Gasteiger partial charge in [-0.15, -0.1) is 0 Å². The Morgan fingerprint density at radius 2 is 1.95 bits per heavy atom. The van der Waals surface area contributed by atoms with Crippen LogP contribution in [-0.2, 0) is 6.42 Å². The molecule has 0 aromatic carbocycles. The molecular formula is C13H21F2N3O. The van der Waals surface area contributed by atoms with Gasteiger partial charge in [-0.1, -0.05) is 13.8 Å². The summed E-state index contributed by atoms with van der Waals surface area (Å²) < 4.78 is 29.5. The van der Waals surface area contributed by atoms with Crippen LogP contribution < -0.4 is 10.1 Å². The van der Waals surface area contributed by atoms with E-state index in [2.05, 4.69) is 15.3 Å². The van der Waals surface area contributed by atoms with Crippen LogP contribution in [0.5, 0.6) is 5.88 Å². The van der Waals surface area contributed by atoms with Crippen LogP contribution in [-0.4, -0.2) is 29.5 Å². The average molecular weight is 273 g/mol. The lowest BCUT2D eigenvalue weighted by atomic mass is 10.2. The number of nitrogens with zero attached hydrogens (tertiary/aromatic N) is 2. The van der Waals surface area contributed by atoms with Crippen molar-refractivity contribution in [1.82, 2.24) is 9.97 Å². The van der Waals surface area contributed by atoms with Gasteiger partial charge in [0.1, 0.15) is 11.6 Å². The van der Waals surface area contributed by atoms with Crippen molar-refractivity contribution in [1.29, 1.82) is 0 Å². The number of hydrogen-bond acceptors (Lipinski definition) is 4. The summed E-state index contributed by atoms with van der Waals surface area (Å²) in [4.78, 5) is 8.59. The van der Waals surface area contributed by atoms with Crippen molar-refractivity contribution < 1.29 is 13.5 Å². The second-order valence-electron chi connectivity index (χ2n) is 4.30. The van der Waals surface area contributed by atoms with Gasteiger partial charge in [-0.05, 0) is 19.8 Å². The average Bonchev–Trinajstić information content (AvgIpc) is 2.37. The van der Waals surface area contributed by atoms with Crippen molar-refractivity contribution in [3.05, 3.63) is 11.4 Å². The molecule has 0 spiro atoms. The number of hydrogen-bond donors (Lipinski definition) is 1. The number of nitrogens with one attached hydrogen (secondary N) is 1. The zero-order valence-electron chi connectivity index (χ0n) is 11.7. The summed E-state index contributed by atoms with van der Waals surface area (Å²) >= 11 is 0. The third-order valence-corrected chi connectivity index (χ3v) is 2.51. The third-order valence-electron chi connectivity index (χ3n) is 2.51. The van der Waals surface area contributed by atoms with E-state index in [-0.39, 0.29) is 5.88 Å². The predicted molar refractivity (Wildman–Crippen MR) is 71.0 cm³/mol. The number of ether oxygens (including phenoxy) is 1. The number of aromatic nitrogens is 2. The molecule has 1 rings (SSSR count). The van der Waals surface area contributed by atoms with Crippen LogP contribution in [0.3, 0.4) is 0 Å². The predicted octanol–water partition coefficient (Wildman–Crippen LogP) is 3.20. The first-order valence-electron chi connectivity index (χ1n) is 6.60. The summed E-state index contributed by atoms with van der Waals surface area (Å²) in [6.07, 6.45) is 0.0484. The number of halogens is 2. The van der Waals surface area contributed by atoms with E-state index in [1.807, 2.05) is 13.8 Å². The minimum absolute atomic E-state index is 0.248. The molecule has 0 saturated carbocycles. The Bertz CT molecular complexity index is 400. The third kappa shape index (κ3) is 4.96. The van der Waals surface area contributed by atoms with Gasteiger partial charge in [-0.25, -0.2) is 13.8 Å². The van der Waals surface area contributed by atoms with Gasteiger partial charge in [0.25, 0.3) is 6.43 Å². The highest BCUT2D eigenvalue weighted by molar-refractivity contribution is 5.48. The molecule has 1 heterocycles. The van der Waals surface area contributed by atoms with Crippen LogP contribution in [0.1, 0.15) is 38.1 Å². The van der Waals surface area contributed by atoms with Crippen molar-refractivity contribution in [2.24, 2.45) is 0 Å². The highest BCUT2D eigenvalue weighted by Gasteiger charge is 2.13. The summed E-state index contributed by atoms with van der Waals surface area (Å²) in [7, 11) is 0. The normalized spacial score (nSPS) is 10.8. The van der Waals surface area contributed by atoms with Gasteiger partial charge in [0.05, 0.1) is 5.56 Å². The highest BCUT2D eigenvalue weighted by atomic mass is 19.3. The van der Waals surface area contributed by atoms with Gasteiger partial charge >= 0.3 is 0 Å². The lowest BCUT2D eigenvalue weighted by molar-refractivity contribution is 0.0790. The smallest absolute Gasteiger partial charge is 0.272 e. The molecule has 0 aliphatic carbocycles. The molecule has 0 unspecified atom stereocenters. The monoisotopic (exact) mass is 273 g/mol. The van der Waals surface area contributed by atoms with Gasteiger partial charge in [-0.2, -0.15) is 4.98 Å². The van der Waals surface area contributed by atoms with Crippen LogP contribution in [0.25, 0.3) is 0 Å². The Morgan fingerprint density at radius 3 is 2.53 bits per heavy atom. The second kappa shape index (κ2) is 7.86. The van der Waals surface area contributed by atoms with Gasteiger partial charge in [-0.3, -0.25) is 0 Å². The van der Waals surface area contributed by atoms with E-state index in [1.165, 1.54) is 0 Å². The molecule has 0 atom stereocenters. The maximum absolute atomic E-state index is 12.2. The quantitative estimate of drug-likeness (QED) is 0.790. The van der Waals surface area contributed by atoms with Crippen molar-refractivity contribution in [3.8, 4) is 5.88 Å². The van der Waals surface area contributed by atoms with Crippen molar-refractivity contribution in [2.75, 3.05) is 18.5 Å².